The minimum Gasteiger partial charge on any atom is -0.414 e. The van der Waals surface area contributed by atoms with Crippen molar-refractivity contribution < 1.29 is 22.5 Å². The second kappa shape index (κ2) is 11.9. The smallest absolute Gasteiger partial charge is 0.335 e. The summed E-state index contributed by atoms with van der Waals surface area (Å²) in [6, 6.07) is -0.606. The number of rotatable bonds is 5. The number of nitrogens with one attached hydrogen (secondary N) is 2. The molecule has 4 aliphatic rings. The van der Waals surface area contributed by atoms with Crippen molar-refractivity contribution in [3.8, 4) is 11.5 Å². The fourth-order valence-electron chi connectivity index (χ4n) is 6.41. The summed E-state index contributed by atoms with van der Waals surface area (Å²) in [6.45, 7) is 24.9. The summed E-state index contributed by atoms with van der Waals surface area (Å²) < 4.78 is 28.7. The molecule has 41 heavy (non-hydrogen) atoms. The van der Waals surface area contributed by atoms with E-state index in [2.05, 4.69) is 107 Å². The molecule has 6 atom stereocenters. The minimum atomic E-state index is -2.87. The molecule has 13 heteroatoms. The predicted molar refractivity (Wildman–Crippen MR) is 170 cm³/mol. The average Bonchev–Trinajstić information content (AvgIpc) is 3.42. The first-order valence-corrected chi connectivity index (χ1v) is 22.6. The molecule has 3 fully saturated rings. The van der Waals surface area contributed by atoms with Crippen LogP contribution in [0.25, 0.3) is 0 Å². The molecular formula is C28H51N5O5Si3. The molecule has 2 N–H and O–H groups in total. The van der Waals surface area contributed by atoms with Crippen molar-refractivity contribution in [3.05, 3.63) is 0 Å². The highest BCUT2D eigenvalue weighted by Gasteiger charge is 2.62. The lowest BCUT2D eigenvalue weighted by atomic mass is 9.99. The molecule has 4 aliphatic heterocycles. The van der Waals surface area contributed by atoms with Gasteiger partial charge in [-0.05, 0) is 22.2 Å². The molecule has 0 radical (unpaired) electrons. The van der Waals surface area contributed by atoms with Crippen molar-refractivity contribution in [1.29, 1.82) is 0 Å². The number of carbonyl (C=O) groups is 1. The molecular weight excluding hydrogens is 571 g/mol. The van der Waals surface area contributed by atoms with Gasteiger partial charge in [-0.3, -0.25) is 20.1 Å². The van der Waals surface area contributed by atoms with E-state index in [4.69, 9.17) is 17.7 Å². The lowest BCUT2D eigenvalue weighted by Crippen LogP contribution is -2.66. The van der Waals surface area contributed by atoms with E-state index < -0.39 is 43.6 Å². The molecule has 0 aromatic carbocycles. The molecule has 0 aliphatic carbocycles. The molecule has 0 aromatic heterocycles. The Morgan fingerprint density at radius 3 is 2.20 bits per heavy atom. The molecule has 0 bridgehead atoms. The molecule has 10 nitrogen and oxygen atoms in total. The molecule has 4 rings (SSSR count). The molecule has 230 valence electrons. The number of aliphatic imine (C=N–C) groups is 2. The van der Waals surface area contributed by atoms with Gasteiger partial charge in [-0.25, -0.2) is 0 Å². The number of guanidine groups is 1. The number of nitrogens with zero attached hydrogens (tertiary/aromatic N) is 3. The molecule has 3 saturated heterocycles. The van der Waals surface area contributed by atoms with Crippen LogP contribution in [0.4, 0.5) is 0 Å². The Kier molecular flexibility index (Phi) is 9.36. The number of ether oxygens (including phenoxy) is 1. The van der Waals surface area contributed by atoms with E-state index >= 15 is 0 Å². The van der Waals surface area contributed by atoms with Gasteiger partial charge in [0, 0.05) is 7.05 Å². The third-order valence-corrected chi connectivity index (χ3v) is 19.7. The lowest BCUT2D eigenvalue weighted by molar-refractivity contribution is -0.124. The maximum absolute atomic E-state index is 12.8. The van der Waals surface area contributed by atoms with E-state index in [-0.39, 0.29) is 46.2 Å². The quantitative estimate of drug-likeness (QED) is 0.354. The SMILES string of the molecule is CN=C1NC(=O)C2N=CN([C@@H]3O[C@H]4CO[Si](C(C)C)(C(C)C)O[Si](C(C)C)(C(C)C)O[C@@H]4C3C#C[Si](C)(C)C)C2N1. The Bertz CT molecular complexity index is 1100. The maximum Gasteiger partial charge on any atom is 0.335 e. The predicted octanol–water partition coefficient (Wildman–Crippen LogP) is 3.91. The van der Waals surface area contributed by atoms with Crippen LogP contribution in [-0.2, 0) is 22.5 Å². The van der Waals surface area contributed by atoms with Crippen LogP contribution in [0.15, 0.2) is 9.98 Å². The van der Waals surface area contributed by atoms with Gasteiger partial charge in [-0.15, -0.1) is 5.54 Å². The number of fused-ring (bicyclic) bond motifs is 2. The molecule has 0 saturated carbocycles. The molecule has 1 amide bonds. The zero-order valence-electron chi connectivity index (χ0n) is 26.9. The van der Waals surface area contributed by atoms with E-state index in [1.54, 1.807) is 13.4 Å². The third-order valence-electron chi connectivity index (χ3n) is 8.58. The minimum absolute atomic E-state index is 0.189. The maximum atomic E-state index is 12.8. The Labute approximate surface area is 249 Å². The van der Waals surface area contributed by atoms with Crippen LogP contribution in [0.1, 0.15) is 55.4 Å². The summed E-state index contributed by atoms with van der Waals surface area (Å²) in [5.74, 6) is 3.58. The Morgan fingerprint density at radius 1 is 1.05 bits per heavy atom. The number of amides is 1. The van der Waals surface area contributed by atoms with Crippen molar-refractivity contribution in [3.63, 3.8) is 0 Å². The van der Waals surface area contributed by atoms with Gasteiger partial charge in [-0.1, -0.05) is 81.0 Å². The van der Waals surface area contributed by atoms with Crippen LogP contribution in [0.2, 0.25) is 41.8 Å². The van der Waals surface area contributed by atoms with Crippen molar-refractivity contribution in [1.82, 2.24) is 15.5 Å². The first kappa shape index (κ1) is 32.4. The Balaban J connectivity index is 1.81. The lowest BCUT2D eigenvalue weighted by Gasteiger charge is -2.51. The normalized spacial score (nSPS) is 33.8. The Morgan fingerprint density at radius 2 is 1.66 bits per heavy atom. The van der Waals surface area contributed by atoms with E-state index in [9.17, 15) is 4.79 Å². The van der Waals surface area contributed by atoms with Gasteiger partial charge in [-0.2, -0.15) is 0 Å². The largest absolute Gasteiger partial charge is 0.414 e. The van der Waals surface area contributed by atoms with Crippen molar-refractivity contribution >= 4 is 43.4 Å². The van der Waals surface area contributed by atoms with Crippen molar-refractivity contribution in [2.75, 3.05) is 13.7 Å². The van der Waals surface area contributed by atoms with Gasteiger partial charge >= 0.3 is 17.1 Å². The fraction of sp³-hybridized carbons (Fsp3) is 0.821. The number of hydrogen-bond acceptors (Lipinski definition) is 8. The standard InChI is InChI=1S/C28H51N5O5Si3/c1-17(2)40(18(3)4)35-15-22-24(37-41(38-40,19(5)6)20(7)8)21(13-14-39(10,11)12)27(36-22)33-16-30-23-25(33)31-28(29-9)32-26(23)34/h16-25,27H,15H2,1-12H3,(H2,29,31,32,34)/t21?,22-,23?,24+,25?,27+/m0/s1. The van der Waals surface area contributed by atoms with Crippen LogP contribution in [-0.4, -0.2) is 92.6 Å². The second-order valence-electron chi connectivity index (χ2n) is 14.0. The highest BCUT2D eigenvalue weighted by atomic mass is 28.5. The van der Waals surface area contributed by atoms with Crippen LogP contribution < -0.4 is 10.6 Å². The van der Waals surface area contributed by atoms with Gasteiger partial charge in [0.1, 0.15) is 26.6 Å². The molecule has 0 spiro atoms. The van der Waals surface area contributed by atoms with E-state index in [0.29, 0.717) is 12.6 Å². The van der Waals surface area contributed by atoms with E-state index in [1.807, 2.05) is 4.90 Å². The highest BCUT2D eigenvalue weighted by Crippen LogP contribution is 2.48. The monoisotopic (exact) mass is 621 g/mol. The van der Waals surface area contributed by atoms with Gasteiger partial charge in [0.2, 0.25) is 0 Å². The van der Waals surface area contributed by atoms with E-state index in [0.717, 1.165) is 0 Å². The van der Waals surface area contributed by atoms with Crippen LogP contribution in [0.3, 0.4) is 0 Å². The average molecular weight is 622 g/mol. The summed E-state index contributed by atoms with van der Waals surface area (Å²) in [4.78, 5) is 23.6. The van der Waals surface area contributed by atoms with Crippen LogP contribution in [0.5, 0.6) is 0 Å². The summed E-state index contributed by atoms with van der Waals surface area (Å²) in [7, 11) is -5.67. The second-order valence-corrected chi connectivity index (χ2v) is 27.6. The molecule has 3 unspecified atom stereocenters. The summed E-state index contributed by atoms with van der Waals surface area (Å²) >= 11 is 0. The summed E-state index contributed by atoms with van der Waals surface area (Å²) in [5, 5.41) is 6.12. The third kappa shape index (κ3) is 5.98. The Hall–Kier alpha value is -1.54. The van der Waals surface area contributed by atoms with Gasteiger partial charge in [0.15, 0.2) is 12.0 Å². The fourth-order valence-corrected chi connectivity index (χ4v) is 18.2. The summed E-state index contributed by atoms with van der Waals surface area (Å²) in [5.41, 5.74) is 4.49. The zero-order chi connectivity index (χ0) is 30.5. The van der Waals surface area contributed by atoms with Gasteiger partial charge in [0.25, 0.3) is 5.91 Å². The number of carbonyl (C=O) groups excluding carboxylic acids is 1. The molecule has 4 heterocycles. The van der Waals surface area contributed by atoms with Crippen molar-refractivity contribution in [2.24, 2.45) is 15.9 Å². The van der Waals surface area contributed by atoms with Crippen LogP contribution >= 0.6 is 0 Å². The number of hydrogen-bond donors (Lipinski definition) is 2. The first-order valence-electron chi connectivity index (χ1n) is 15.1. The first-order chi connectivity index (χ1) is 19.1. The topological polar surface area (TPSA) is 106 Å². The zero-order valence-corrected chi connectivity index (χ0v) is 29.9. The van der Waals surface area contributed by atoms with E-state index in [1.165, 1.54) is 0 Å². The van der Waals surface area contributed by atoms with Crippen molar-refractivity contribution in [2.45, 2.75) is 128 Å². The highest BCUT2D eigenvalue weighted by molar-refractivity contribution is 6.84. The molecule has 0 aromatic rings. The van der Waals surface area contributed by atoms with Crippen LogP contribution in [0, 0.1) is 17.4 Å². The summed E-state index contributed by atoms with van der Waals surface area (Å²) in [6.07, 6.45) is 0.147. The van der Waals surface area contributed by atoms with Gasteiger partial charge < -0.3 is 27.9 Å². The van der Waals surface area contributed by atoms with Gasteiger partial charge in [0.05, 0.1) is 25.0 Å².